The van der Waals surface area contributed by atoms with Crippen molar-refractivity contribution >= 4 is 58.6 Å². The van der Waals surface area contributed by atoms with Crippen LogP contribution >= 0.6 is 15.8 Å². The van der Waals surface area contributed by atoms with Crippen LogP contribution in [0.2, 0.25) is 0 Å². The Kier molecular flexibility index (Phi) is 7.10. The van der Waals surface area contributed by atoms with Crippen LogP contribution in [0.3, 0.4) is 0 Å². The van der Waals surface area contributed by atoms with E-state index in [-0.39, 0.29) is 0 Å². The molecule has 0 amide bonds. The lowest BCUT2D eigenvalue weighted by molar-refractivity contribution is 0.485. The Morgan fingerprint density at radius 2 is 0.763 bits per heavy atom. The highest BCUT2D eigenvalue weighted by Crippen LogP contribution is 2.45. The summed E-state index contributed by atoms with van der Waals surface area (Å²) in [5.74, 6) is 0.770. The molecule has 0 saturated heterocycles. The average molecular weight is 531 g/mol. The van der Waals surface area contributed by atoms with E-state index in [2.05, 4.69) is 72.8 Å². The first-order valence-corrected chi connectivity index (χ1v) is 15.8. The van der Waals surface area contributed by atoms with Crippen molar-refractivity contribution in [3.63, 3.8) is 0 Å². The van der Waals surface area contributed by atoms with Crippen molar-refractivity contribution in [1.29, 1.82) is 0 Å². The Labute approximate surface area is 225 Å². The van der Waals surface area contributed by atoms with Gasteiger partial charge in [0.2, 0.25) is 0 Å². The van der Waals surface area contributed by atoms with Gasteiger partial charge in [0.1, 0.15) is 11.5 Å². The van der Waals surface area contributed by atoms with E-state index in [9.17, 15) is 10.2 Å². The van der Waals surface area contributed by atoms with Crippen molar-refractivity contribution in [3.8, 4) is 11.5 Å². The first-order valence-electron chi connectivity index (χ1n) is 12.8. The van der Waals surface area contributed by atoms with Crippen molar-refractivity contribution in [3.05, 3.63) is 133 Å². The summed E-state index contributed by atoms with van der Waals surface area (Å²) in [6.45, 7) is 0. The van der Waals surface area contributed by atoms with Gasteiger partial charge < -0.3 is 10.2 Å². The van der Waals surface area contributed by atoms with Crippen molar-refractivity contribution in [1.82, 2.24) is 0 Å². The Morgan fingerprint density at radius 3 is 1.18 bits per heavy atom. The predicted molar refractivity (Wildman–Crippen MR) is 166 cm³/mol. The third-order valence-electron chi connectivity index (χ3n) is 7.02. The average Bonchev–Trinajstić information content (AvgIpc) is 2.98. The predicted octanol–water partition coefficient (Wildman–Crippen LogP) is 6.97. The number of phenolic OH excluding ortho intramolecular Hbond substituents is 2. The van der Waals surface area contributed by atoms with Gasteiger partial charge in [-0.05, 0) is 61.7 Å². The van der Waals surface area contributed by atoms with Gasteiger partial charge in [0.05, 0.1) is 0 Å². The number of fused-ring (bicyclic) bond motifs is 2. The van der Waals surface area contributed by atoms with Crippen LogP contribution in [0.5, 0.6) is 11.5 Å². The van der Waals surface area contributed by atoms with E-state index in [4.69, 9.17) is 0 Å². The molecule has 0 fully saturated rings. The minimum atomic E-state index is -0.818. The molecule has 0 heterocycles. The van der Waals surface area contributed by atoms with E-state index in [0.29, 0.717) is 11.5 Å². The van der Waals surface area contributed by atoms with Gasteiger partial charge in [-0.2, -0.15) is 0 Å². The van der Waals surface area contributed by atoms with Crippen molar-refractivity contribution in [2.24, 2.45) is 0 Å². The van der Waals surface area contributed by atoms with E-state index in [0.717, 1.165) is 44.5 Å². The van der Waals surface area contributed by atoms with Crippen LogP contribution < -0.4 is 21.2 Å². The van der Waals surface area contributed by atoms with Gasteiger partial charge in [-0.15, -0.1) is 0 Å². The monoisotopic (exact) mass is 530 g/mol. The molecule has 4 heteroatoms. The maximum Gasteiger partial charge on any atom is 0.131 e. The quantitative estimate of drug-likeness (QED) is 0.219. The van der Waals surface area contributed by atoms with E-state index < -0.39 is 15.8 Å². The van der Waals surface area contributed by atoms with E-state index >= 15 is 0 Å². The van der Waals surface area contributed by atoms with E-state index in [1.165, 1.54) is 10.6 Å². The first kappa shape index (κ1) is 24.6. The topological polar surface area (TPSA) is 40.5 Å². The van der Waals surface area contributed by atoms with Gasteiger partial charge in [0, 0.05) is 21.4 Å². The van der Waals surface area contributed by atoms with Gasteiger partial charge in [-0.3, -0.25) is 0 Å². The lowest BCUT2D eigenvalue weighted by Crippen LogP contribution is -2.20. The maximum atomic E-state index is 11.4. The molecule has 0 radical (unpaired) electrons. The van der Waals surface area contributed by atoms with Gasteiger partial charge in [0.25, 0.3) is 0 Å². The zero-order valence-corrected chi connectivity index (χ0v) is 22.7. The summed E-state index contributed by atoms with van der Waals surface area (Å²) in [6, 6.07) is 45.6. The number of hydrogen-bond acceptors (Lipinski definition) is 2. The SMILES string of the molecule is Oc1c(P(CCP(c2ccccc2)c2ccc3ccccc3c2O)c2ccccc2)ccc2ccccc12. The molecule has 6 aromatic rings. The Bertz CT molecular complexity index is 1570. The molecule has 0 aliphatic rings. The maximum absolute atomic E-state index is 11.4. The number of phenols is 2. The van der Waals surface area contributed by atoms with Gasteiger partial charge in [-0.25, -0.2) is 0 Å². The van der Waals surface area contributed by atoms with Gasteiger partial charge in [-0.1, -0.05) is 121 Å². The zero-order valence-electron chi connectivity index (χ0n) is 20.9. The molecule has 38 heavy (non-hydrogen) atoms. The smallest absolute Gasteiger partial charge is 0.131 e. The summed E-state index contributed by atoms with van der Waals surface area (Å²) in [6.07, 6.45) is 1.80. The summed E-state index contributed by atoms with van der Waals surface area (Å²) in [7, 11) is -1.64. The number of benzene rings is 6. The second-order valence-corrected chi connectivity index (χ2v) is 13.9. The summed E-state index contributed by atoms with van der Waals surface area (Å²) in [4.78, 5) is 0. The molecule has 6 aromatic carbocycles. The fourth-order valence-electron chi connectivity index (χ4n) is 5.12. The van der Waals surface area contributed by atoms with Gasteiger partial charge >= 0.3 is 0 Å². The molecule has 2 unspecified atom stereocenters. The van der Waals surface area contributed by atoms with Crippen LogP contribution in [-0.4, -0.2) is 22.5 Å². The summed E-state index contributed by atoms with van der Waals surface area (Å²) >= 11 is 0. The summed E-state index contributed by atoms with van der Waals surface area (Å²) in [5, 5.41) is 31.2. The van der Waals surface area contributed by atoms with Crippen LogP contribution in [0.25, 0.3) is 21.5 Å². The molecule has 2 N–H and O–H groups in total. The molecule has 6 rings (SSSR count). The first-order chi connectivity index (χ1) is 18.7. The molecule has 2 nitrogen and oxygen atoms in total. The lowest BCUT2D eigenvalue weighted by Gasteiger charge is -2.25. The normalized spacial score (nSPS) is 12.9. The van der Waals surface area contributed by atoms with Crippen molar-refractivity contribution in [2.45, 2.75) is 0 Å². The van der Waals surface area contributed by atoms with Crippen LogP contribution in [0.1, 0.15) is 0 Å². The zero-order chi connectivity index (χ0) is 25.9. The third kappa shape index (κ3) is 4.79. The largest absolute Gasteiger partial charge is 0.507 e. The molecule has 0 aromatic heterocycles. The number of aromatic hydroxyl groups is 2. The van der Waals surface area contributed by atoms with Crippen LogP contribution in [0.4, 0.5) is 0 Å². The Balaban J connectivity index is 1.43. The highest BCUT2D eigenvalue weighted by molar-refractivity contribution is 7.76. The molecule has 0 spiro atoms. The highest BCUT2D eigenvalue weighted by Gasteiger charge is 2.24. The fourth-order valence-corrected chi connectivity index (χ4v) is 10.6. The van der Waals surface area contributed by atoms with Crippen molar-refractivity contribution in [2.75, 3.05) is 12.3 Å². The number of hydrogen-bond donors (Lipinski definition) is 2. The van der Waals surface area contributed by atoms with Crippen molar-refractivity contribution < 1.29 is 10.2 Å². The third-order valence-corrected chi connectivity index (χ3v) is 12.4. The molecule has 0 bridgehead atoms. The molecular weight excluding hydrogens is 502 g/mol. The molecule has 0 saturated carbocycles. The minimum absolute atomic E-state index is 0.385. The molecule has 0 aliphatic heterocycles. The van der Waals surface area contributed by atoms with Gasteiger partial charge in [0.15, 0.2) is 0 Å². The minimum Gasteiger partial charge on any atom is -0.507 e. The molecule has 0 aliphatic carbocycles. The van der Waals surface area contributed by atoms with E-state index in [1.54, 1.807) is 0 Å². The molecule has 2 atom stereocenters. The standard InChI is InChI=1S/C34H28O2P2/c35-33-29-17-9-7-11-25(29)19-21-31(33)37(27-13-3-1-4-14-27)23-24-38(28-15-5-2-6-16-28)32-22-20-26-12-8-10-18-30(26)34(32)36/h1-22,35-36H,23-24H2. The second kappa shape index (κ2) is 11.0. The summed E-state index contributed by atoms with van der Waals surface area (Å²) in [5.41, 5.74) is 0. The Morgan fingerprint density at radius 1 is 0.395 bits per heavy atom. The van der Waals surface area contributed by atoms with Crippen LogP contribution in [-0.2, 0) is 0 Å². The molecule has 186 valence electrons. The van der Waals surface area contributed by atoms with Crippen LogP contribution in [0, 0.1) is 0 Å². The second-order valence-electron chi connectivity index (χ2n) is 9.28. The summed E-state index contributed by atoms with van der Waals surface area (Å²) < 4.78 is 0. The fraction of sp³-hybridized carbons (Fsp3) is 0.0588. The van der Waals surface area contributed by atoms with E-state index in [1.807, 2.05) is 60.7 Å². The molecular formula is C34H28O2P2. The highest BCUT2D eigenvalue weighted by atomic mass is 31.1. The van der Waals surface area contributed by atoms with Crippen LogP contribution in [0.15, 0.2) is 133 Å². The Hall–Kier alpha value is -3.70. The number of rotatable bonds is 7. The lowest BCUT2D eigenvalue weighted by atomic mass is 10.1.